The molecule has 2 aliphatic rings. The molecule has 2 aromatic carbocycles. The molecule has 0 saturated carbocycles. The molecule has 0 N–H and O–H groups in total. The SMILES string of the molecule is O=C1c2ccccc2C(=O)N1c1ccc2c(c1)CC2. The topological polar surface area (TPSA) is 37.4 Å². The highest BCUT2D eigenvalue weighted by Gasteiger charge is 2.36. The molecular formula is C16H11NO2. The Bertz CT molecular complexity index is 698. The summed E-state index contributed by atoms with van der Waals surface area (Å²) in [5.41, 5.74) is 4.24. The smallest absolute Gasteiger partial charge is 0.266 e. The van der Waals surface area contributed by atoms with Gasteiger partial charge in [-0.3, -0.25) is 9.59 Å². The molecule has 0 bridgehead atoms. The van der Waals surface area contributed by atoms with Gasteiger partial charge >= 0.3 is 0 Å². The molecule has 1 aliphatic carbocycles. The van der Waals surface area contributed by atoms with Crippen LogP contribution in [0.4, 0.5) is 5.69 Å². The van der Waals surface area contributed by atoms with E-state index >= 15 is 0 Å². The minimum absolute atomic E-state index is 0.222. The zero-order valence-electron chi connectivity index (χ0n) is 10.2. The second kappa shape index (κ2) is 3.54. The van der Waals surface area contributed by atoms with Crippen LogP contribution in [-0.4, -0.2) is 11.8 Å². The van der Waals surface area contributed by atoms with Crippen LogP contribution in [-0.2, 0) is 12.8 Å². The van der Waals surface area contributed by atoms with Crippen molar-refractivity contribution in [2.45, 2.75) is 12.8 Å². The maximum Gasteiger partial charge on any atom is 0.266 e. The Morgan fingerprint density at radius 1 is 0.789 bits per heavy atom. The molecule has 0 radical (unpaired) electrons. The molecule has 0 fully saturated rings. The zero-order chi connectivity index (χ0) is 13.0. The first kappa shape index (κ1) is 10.5. The average Bonchev–Trinajstić information content (AvgIpc) is 2.65. The van der Waals surface area contributed by atoms with Gasteiger partial charge in [0.05, 0.1) is 16.8 Å². The van der Waals surface area contributed by atoms with Crippen molar-refractivity contribution in [1.29, 1.82) is 0 Å². The predicted molar refractivity (Wildman–Crippen MR) is 71.4 cm³/mol. The van der Waals surface area contributed by atoms with Gasteiger partial charge in [-0.15, -0.1) is 0 Å². The van der Waals surface area contributed by atoms with Gasteiger partial charge in [0.1, 0.15) is 0 Å². The Hall–Kier alpha value is -2.42. The van der Waals surface area contributed by atoms with E-state index in [9.17, 15) is 9.59 Å². The van der Waals surface area contributed by atoms with Crippen molar-refractivity contribution in [3.05, 3.63) is 64.7 Å². The normalized spacial score (nSPS) is 16.1. The molecule has 92 valence electrons. The van der Waals surface area contributed by atoms with Crippen LogP contribution >= 0.6 is 0 Å². The van der Waals surface area contributed by atoms with Crippen LogP contribution in [0, 0.1) is 0 Å². The van der Waals surface area contributed by atoms with Gasteiger partial charge in [-0.05, 0) is 48.2 Å². The number of hydrogen-bond donors (Lipinski definition) is 0. The second-order valence-electron chi connectivity index (χ2n) is 4.94. The molecule has 1 heterocycles. The summed E-state index contributed by atoms with van der Waals surface area (Å²) in [7, 11) is 0. The van der Waals surface area contributed by atoms with Gasteiger partial charge in [0, 0.05) is 0 Å². The molecular weight excluding hydrogens is 238 g/mol. The molecule has 2 amide bonds. The maximum absolute atomic E-state index is 12.3. The van der Waals surface area contributed by atoms with Gasteiger partial charge < -0.3 is 0 Å². The molecule has 19 heavy (non-hydrogen) atoms. The number of amides is 2. The summed E-state index contributed by atoms with van der Waals surface area (Å²) in [6, 6.07) is 12.8. The molecule has 0 atom stereocenters. The van der Waals surface area contributed by atoms with Crippen molar-refractivity contribution in [2.24, 2.45) is 0 Å². The van der Waals surface area contributed by atoms with Crippen LogP contribution < -0.4 is 4.90 Å². The lowest BCUT2D eigenvalue weighted by Gasteiger charge is -2.22. The monoisotopic (exact) mass is 249 g/mol. The summed E-state index contributed by atoms with van der Waals surface area (Å²) >= 11 is 0. The molecule has 2 aromatic rings. The van der Waals surface area contributed by atoms with Crippen molar-refractivity contribution in [2.75, 3.05) is 4.90 Å². The van der Waals surface area contributed by atoms with Crippen LogP contribution in [0.25, 0.3) is 0 Å². The second-order valence-corrected chi connectivity index (χ2v) is 4.94. The first-order valence-electron chi connectivity index (χ1n) is 6.35. The number of carbonyl (C=O) groups is 2. The van der Waals surface area contributed by atoms with Gasteiger partial charge in [-0.1, -0.05) is 18.2 Å². The molecule has 3 heteroatoms. The molecule has 0 saturated heterocycles. The zero-order valence-corrected chi connectivity index (χ0v) is 10.2. The van der Waals surface area contributed by atoms with E-state index < -0.39 is 0 Å². The lowest BCUT2D eigenvalue weighted by Crippen LogP contribution is -2.29. The summed E-state index contributed by atoms with van der Waals surface area (Å²) in [4.78, 5) is 25.9. The van der Waals surface area contributed by atoms with Crippen molar-refractivity contribution in [1.82, 2.24) is 0 Å². The number of aryl methyl sites for hydroxylation is 2. The first-order chi connectivity index (χ1) is 9.25. The number of fused-ring (bicyclic) bond motifs is 2. The minimum atomic E-state index is -0.222. The van der Waals surface area contributed by atoms with Crippen LogP contribution in [0.1, 0.15) is 31.8 Å². The molecule has 4 rings (SSSR count). The van der Waals surface area contributed by atoms with Crippen molar-refractivity contribution < 1.29 is 9.59 Å². The van der Waals surface area contributed by atoms with Crippen molar-refractivity contribution in [3.63, 3.8) is 0 Å². The number of imide groups is 1. The average molecular weight is 249 g/mol. The highest BCUT2D eigenvalue weighted by molar-refractivity contribution is 6.34. The highest BCUT2D eigenvalue weighted by Crippen LogP contribution is 2.32. The third-order valence-corrected chi connectivity index (χ3v) is 3.91. The summed E-state index contributed by atoms with van der Waals surface area (Å²) < 4.78 is 0. The third kappa shape index (κ3) is 1.32. The largest absolute Gasteiger partial charge is 0.268 e. The summed E-state index contributed by atoms with van der Waals surface area (Å²) in [5, 5.41) is 0. The van der Waals surface area contributed by atoms with E-state index in [4.69, 9.17) is 0 Å². The van der Waals surface area contributed by atoms with E-state index in [2.05, 4.69) is 0 Å². The van der Waals surface area contributed by atoms with E-state index in [1.807, 2.05) is 18.2 Å². The quantitative estimate of drug-likeness (QED) is 0.728. The fourth-order valence-electron chi connectivity index (χ4n) is 2.74. The number of carbonyl (C=O) groups excluding carboxylic acids is 2. The molecule has 0 spiro atoms. The van der Waals surface area contributed by atoms with Crippen LogP contribution in [0.15, 0.2) is 42.5 Å². The third-order valence-electron chi connectivity index (χ3n) is 3.91. The van der Waals surface area contributed by atoms with E-state index in [-0.39, 0.29) is 11.8 Å². The first-order valence-corrected chi connectivity index (χ1v) is 6.35. The highest BCUT2D eigenvalue weighted by atomic mass is 16.2. The fourth-order valence-corrected chi connectivity index (χ4v) is 2.74. The molecule has 1 aliphatic heterocycles. The number of hydrogen-bond acceptors (Lipinski definition) is 2. The van der Waals surface area contributed by atoms with Gasteiger partial charge in [-0.25, -0.2) is 4.90 Å². The Morgan fingerprint density at radius 3 is 1.95 bits per heavy atom. The van der Waals surface area contributed by atoms with Crippen molar-refractivity contribution in [3.8, 4) is 0 Å². The Kier molecular flexibility index (Phi) is 1.96. The van der Waals surface area contributed by atoms with E-state index in [0.717, 1.165) is 12.8 Å². The summed E-state index contributed by atoms with van der Waals surface area (Å²) in [5.74, 6) is -0.445. The summed E-state index contributed by atoms with van der Waals surface area (Å²) in [6.45, 7) is 0. The Balaban J connectivity index is 1.83. The predicted octanol–water partition coefficient (Wildman–Crippen LogP) is 2.59. The van der Waals surface area contributed by atoms with Gasteiger partial charge in [0.25, 0.3) is 11.8 Å². The van der Waals surface area contributed by atoms with Gasteiger partial charge in [-0.2, -0.15) is 0 Å². The number of anilines is 1. The van der Waals surface area contributed by atoms with Gasteiger partial charge in [0.2, 0.25) is 0 Å². The van der Waals surface area contributed by atoms with E-state index in [1.165, 1.54) is 16.0 Å². The standard InChI is InChI=1S/C16H11NO2/c18-15-13-3-1-2-4-14(13)16(19)17(15)12-8-7-10-5-6-11(10)9-12/h1-4,7-9H,5-6H2. The fraction of sp³-hybridized carbons (Fsp3) is 0.125. The van der Waals surface area contributed by atoms with Crippen LogP contribution in [0.2, 0.25) is 0 Å². The molecule has 3 nitrogen and oxygen atoms in total. The van der Waals surface area contributed by atoms with Crippen molar-refractivity contribution >= 4 is 17.5 Å². The number of rotatable bonds is 1. The molecule has 0 aromatic heterocycles. The van der Waals surface area contributed by atoms with E-state index in [0.29, 0.717) is 16.8 Å². The van der Waals surface area contributed by atoms with Crippen LogP contribution in [0.5, 0.6) is 0 Å². The maximum atomic E-state index is 12.3. The number of benzene rings is 2. The van der Waals surface area contributed by atoms with E-state index in [1.54, 1.807) is 24.3 Å². The lowest BCUT2D eigenvalue weighted by molar-refractivity contribution is 0.0926. The molecule has 0 unspecified atom stereocenters. The lowest BCUT2D eigenvalue weighted by atomic mass is 9.88. The summed E-state index contributed by atoms with van der Waals surface area (Å²) in [6.07, 6.45) is 2.13. The number of nitrogens with zero attached hydrogens (tertiary/aromatic N) is 1. The minimum Gasteiger partial charge on any atom is -0.268 e. The van der Waals surface area contributed by atoms with Gasteiger partial charge in [0.15, 0.2) is 0 Å². The van der Waals surface area contributed by atoms with Crippen LogP contribution in [0.3, 0.4) is 0 Å². The Labute approximate surface area is 110 Å². The Morgan fingerprint density at radius 2 is 1.42 bits per heavy atom.